The molecule has 1 N–H and O–H groups in total. The van der Waals surface area contributed by atoms with Gasteiger partial charge in [-0.2, -0.15) is 0 Å². The number of thiophene rings is 1. The van der Waals surface area contributed by atoms with Gasteiger partial charge in [-0.25, -0.2) is 0 Å². The van der Waals surface area contributed by atoms with E-state index in [4.69, 9.17) is 9.40 Å². The van der Waals surface area contributed by atoms with Gasteiger partial charge in [-0.1, -0.05) is 116 Å². The molecule has 6 rings (SSSR count). The molecule has 50 heavy (non-hydrogen) atoms. The van der Waals surface area contributed by atoms with Crippen molar-refractivity contribution in [2.45, 2.75) is 93.4 Å². The van der Waals surface area contributed by atoms with Crippen molar-refractivity contribution in [3.05, 3.63) is 102 Å². The predicted octanol–water partition coefficient (Wildman–Crippen LogP) is 13.3. The fourth-order valence-corrected chi connectivity index (χ4v) is 6.96. The number of furan rings is 1. The zero-order chi connectivity index (χ0) is 35.6. The van der Waals surface area contributed by atoms with Crippen LogP contribution in [0, 0.1) is 16.9 Å². The fourth-order valence-electron chi connectivity index (χ4n) is 6.17. The molecule has 0 saturated heterocycles. The first-order valence-corrected chi connectivity index (χ1v) is 18.4. The SMILES string of the molecule is CC(C)(C)c1cc(-c2cc(-c3coc4ccccc34)c3ccsc3n2)[c-]c2ccccc12.CCC(C)(CC)C(=O)/C=C(\O)C(C)(CC)CC.[Ir]. The second-order valence-corrected chi connectivity index (χ2v) is 15.6. The summed E-state index contributed by atoms with van der Waals surface area (Å²) in [6.07, 6.45) is 6.62. The molecule has 3 aromatic heterocycles. The Hall–Kier alpha value is -3.57. The van der Waals surface area contributed by atoms with E-state index in [0.29, 0.717) is 0 Å². The average Bonchev–Trinajstić information content (AvgIpc) is 3.77. The number of ketones is 1. The summed E-state index contributed by atoms with van der Waals surface area (Å²) in [4.78, 5) is 18.3. The molecule has 6 heteroatoms. The smallest absolute Gasteiger partial charge is 0.164 e. The molecule has 6 aromatic rings. The normalized spacial score (nSPS) is 12.5. The summed E-state index contributed by atoms with van der Waals surface area (Å²) in [7, 11) is 0. The number of benzene rings is 3. The van der Waals surface area contributed by atoms with Crippen LogP contribution in [-0.2, 0) is 30.3 Å². The van der Waals surface area contributed by atoms with Crippen LogP contribution >= 0.6 is 11.3 Å². The third kappa shape index (κ3) is 7.83. The molecule has 0 unspecified atom stereocenters. The molecule has 3 heterocycles. The van der Waals surface area contributed by atoms with Crippen molar-refractivity contribution in [3.63, 3.8) is 0 Å². The van der Waals surface area contributed by atoms with Crippen LogP contribution in [0.1, 0.15) is 93.6 Å². The first-order chi connectivity index (χ1) is 23.3. The monoisotopic (exact) mass is 865 g/mol. The molecule has 0 atom stereocenters. The Morgan fingerprint density at radius 1 is 0.820 bits per heavy atom. The van der Waals surface area contributed by atoms with Gasteiger partial charge < -0.3 is 9.52 Å². The van der Waals surface area contributed by atoms with E-state index >= 15 is 0 Å². The summed E-state index contributed by atoms with van der Waals surface area (Å²) in [5, 5.41) is 16.9. The number of hydrogen-bond donors (Lipinski definition) is 1. The zero-order valence-electron chi connectivity index (χ0n) is 30.9. The van der Waals surface area contributed by atoms with Gasteiger partial charge in [-0.15, -0.1) is 40.5 Å². The molecule has 1 radical (unpaired) electrons. The summed E-state index contributed by atoms with van der Waals surface area (Å²) in [6.45, 7) is 18.9. The van der Waals surface area contributed by atoms with E-state index in [9.17, 15) is 9.90 Å². The Labute approximate surface area is 315 Å². The molecule has 0 aliphatic carbocycles. The van der Waals surface area contributed by atoms with E-state index in [1.807, 2.05) is 59.9 Å². The van der Waals surface area contributed by atoms with Crippen LogP contribution in [0.5, 0.6) is 0 Å². The molecular formula is C44H50IrNO3S-. The minimum Gasteiger partial charge on any atom is -0.512 e. The van der Waals surface area contributed by atoms with E-state index < -0.39 is 0 Å². The number of aliphatic hydroxyl groups is 1. The van der Waals surface area contributed by atoms with Crippen molar-refractivity contribution in [1.29, 1.82) is 0 Å². The Kier molecular flexibility index (Phi) is 12.4. The van der Waals surface area contributed by atoms with Gasteiger partial charge in [0.1, 0.15) is 16.2 Å². The van der Waals surface area contributed by atoms with Gasteiger partial charge in [0.15, 0.2) is 5.78 Å². The molecule has 0 fully saturated rings. The van der Waals surface area contributed by atoms with Crippen LogP contribution in [0.4, 0.5) is 0 Å². The number of carbonyl (C=O) groups is 1. The van der Waals surface area contributed by atoms with E-state index in [0.717, 1.165) is 74.6 Å². The van der Waals surface area contributed by atoms with Gasteiger partial charge >= 0.3 is 0 Å². The quantitative estimate of drug-likeness (QED) is 0.0893. The topological polar surface area (TPSA) is 63.3 Å². The molecule has 0 saturated carbocycles. The maximum Gasteiger partial charge on any atom is 0.164 e. The van der Waals surface area contributed by atoms with E-state index in [1.54, 1.807) is 11.3 Å². The van der Waals surface area contributed by atoms with Crippen LogP contribution in [0.25, 0.3) is 54.3 Å². The van der Waals surface area contributed by atoms with Crippen molar-refractivity contribution in [3.8, 4) is 22.4 Å². The maximum atomic E-state index is 12.2. The largest absolute Gasteiger partial charge is 0.512 e. The van der Waals surface area contributed by atoms with Crippen LogP contribution in [-0.4, -0.2) is 15.9 Å². The Bertz CT molecular complexity index is 2120. The third-order valence-corrected chi connectivity index (χ3v) is 11.5. The maximum absolute atomic E-state index is 12.2. The summed E-state index contributed by atoms with van der Waals surface area (Å²) in [6, 6.07) is 27.0. The number of aromatic nitrogens is 1. The van der Waals surface area contributed by atoms with Crippen molar-refractivity contribution >= 4 is 49.1 Å². The van der Waals surface area contributed by atoms with Crippen LogP contribution in [0.2, 0.25) is 0 Å². The Balaban J connectivity index is 0.000000269. The number of aliphatic hydroxyl groups excluding tert-OH is 1. The number of para-hydroxylation sites is 1. The predicted molar refractivity (Wildman–Crippen MR) is 208 cm³/mol. The van der Waals surface area contributed by atoms with Crippen molar-refractivity contribution in [2.24, 2.45) is 10.8 Å². The van der Waals surface area contributed by atoms with E-state index in [1.165, 1.54) is 17.0 Å². The Morgan fingerprint density at radius 2 is 1.44 bits per heavy atom. The van der Waals surface area contributed by atoms with Crippen molar-refractivity contribution in [1.82, 2.24) is 4.98 Å². The molecule has 0 aliphatic rings. The van der Waals surface area contributed by atoms with Crippen molar-refractivity contribution < 1.29 is 34.4 Å². The molecule has 3 aromatic carbocycles. The first kappa shape index (κ1) is 39.2. The summed E-state index contributed by atoms with van der Waals surface area (Å²) in [5.74, 6) is 0.286. The molecule has 265 valence electrons. The molecule has 0 bridgehead atoms. The van der Waals surface area contributed by atoms with Gasteiger partial charge in [0.25, 0.3) is 0 Å². The minimum absolute atomic E-state index is 0. The number of nitrogens with zero attached hydrogens (tertiary/aromatic N) is 1. The zero-order valence-corrected chi connectivity index (χ0v) is 34.1. The minimum atomic E-state index is -0.337. The molecule has 4 nitrogen and oxygen atoms in total. The molecule has 0 amide bonds. The Morgan fingerprint density at radius 3 is 2.08 bits per heavy atom. The number of hydrogen-bond acceptors (Lipinski definition) is 5. The van der Waals surface area contributed by atoms with Crippen molar-refractivity contribution in [2.75, 3.05) is 0 Å². The number of pyridine rings is 1. The van der Waals surface area contributed by atoms with E-state index in [2.05, 4.69) is 86.8 Å². The van der Waals surface area contributed by atoms with E-state index in [-0.39, 0.29) is 47.9 Å². The number of rotatable bonds is 9. The van der Waals surface area contributed by atoms with Crippen LogP contribution < -0.4 is 0 Å². The second kappa shape index (κ2) is 15.8. The van der Waals surface area contributed by atoms with Gasteiger partial charge in [-0.3, -0.25) is 9.78 Å². The average molecular weight is 865 g/mol. The molecular weight excluding hydrogens is 815 g/mol. The standard InChI is InChI=1S/C29H22NOS.C15H28O2.Ir/c1-29(2,3)25-15-19(14-18-8-4-5-9-20(18)25)26-16-23(22-12-13-32-28(22)30-26)24-17-31-27-11-7-6-10-21(24)27;1-7-14(5,8-2)12(16)11-13(17)15(6,9-3)10-4;/h4-13,15-17H,1-3H3;11,16H,7-10H2,1-6H3;/q-1;;/b;12-11-;. The van der Waals surface area contributed by atoms with Crippen LogP contribution in [0.3, 0.4) is 0 Å². The number of carbonyl (C=O) groups excluding carboxylic acids is 1. The summed E-state index contributed by atoms with van der Waals surface area (Å²) < 4.78 is 5.87. The summed E-state index contributed by atoms with van der Waals surface area (Å²) >= 11 is 1.67. The van der Waals surface area contributed by atoms with Gasteiger partial charge in [-0.05, 0) is 54.2 Å². The van der Waals surface area contributed by atoms with Crippen LogP contribution in [0.15, 0.2) is 94.6 Å². The number of allylic oxidation sites excluding steroid dienone is 2. The third-order valence-electron chi connectivity index (χ3n) is 10.7. The number of fused-ring (bicyclic) bond motifs is 3. The molecule has 0 spiro atoms. The first-order valence-electron chi connectivity index (χ1n) is 17.5. The fraction of sp³-hybridized carbons (Fsp3) is 0.364. The molecule has 0 aliphatic heterocycles. The van der Waals surface area contributed by atoms with Gasteiger partial charge in [0.2, 0.25) is 0 Å². The summed E-state index contributed by atoms with van der Waals surface area (Å²) in [5.41, 5.74) is 5.84. The second-order valence-electron chi connectivity index (χ2n) is 14.7. The van der Waals surface area contributed by atoms with Gasteiger partial charge in [0.05, 0.1) is 6.26 Å². The van der Waals surface area contributed by atoms with Gasteiger partial charge in [0, 0.05) is 59.0 Å².